The summed E-state index contributed by atoms with van der Waals surface area (Å²) in [5.74, 6) is 0.518. The number of nitrogens with zero attached hydrogens (tertiary/aromatic N) is 2. The topological polar surface area (TPSA) is 119 Å². The van der Waals surface area contributed by atoms with Gasteiger partial charge in [-0.2, -0.15) is 8.78 Å². The van der Waals surface area contributed by atoms with Gasteiger partial charge in [-0.05, 0) is 79.6 Å². The number of nitrogen functional groups attached to an aromatic ring is 1. The molecule has 0 fully saturated rings. The molecule has 0 spiro atoms. The van der Waals surface area contributed by atoms with E-state index in [1.165, 1.54) is 6.92 Å². The number of fused-ring (bicyclic) bond motifs is 3. The van der Waals surface area contributed by atoms with E-state index in [9.17, 15) is 13.3 Å². The number of pyridine rings is 2. The van der Waals surface area contributed by atoms with Crippen LogP contribution in [0, 0.1) is 13.8 Å². The van der Waals surface area contributed by atoms with E-state index in [0.29, 0.717) is 24.2 Å². The van der Waals surface area contributed by atoms with E-state index in [1.54, 1.807) is 24.4 Å². The van der Waals surface area contributed by atoms with Crippen molar-refractivity contribution in [1.29, 1.82) is 0 Å². The van der Waals surface area contributed by atoms with Gasteiger partial charge in [0.05, 0.1) is 5.52 Å². The van der Waals surface area contributed by atoms with Gasteiger partial charge in [-0.3, -0.25) is 9.55 Å². The van der Waals surface area contributed by atoms with Gasteiger partial charge in [0.25, 0.3) is 0 Å². The molecule has 0 saturated carbocycles. The van der Waals surface area contributed by atoms with Crippen molar-refractivity contribution < 1.29 is 27.9 Å². The fourth-order valence-corrected chi connectivity index (χ4v) is 4.86. The molecule has 36 heavy (non-hydrogen) atoms. The van der Waals surface area contributed by atoms with E-state index < -0.39 is 19.4 Å². The summed E-state index contributed by atoms with van der Waals surface area (Å²) in [7, 11) is -5.66. The smallest absolute Gasteiger partial charge is 0.398 e. The first-order valence-electron chi connectivity index (χ1n) is 11.5. The second-order valence-electron chi connectivity index (χ2n) is 8.99. The van der Waals surface area contributed by atoms with Crippen LogP contribution in [0.1, 0.15) is 35.6 Å². The highest BCUT2D eigenvalue weighted by Crippen LogP contribution is 2.56. The summed E-state index contributed by atoms with van der Waals surface area (Å²) in [5, 5.41) is 1.92. The number of anilines is 1. The van der Waals surface area contributed by atoms with Crippen LogP contribution in [0.15, 0.2) is 48.7 Å². The molecule has 4 aromatic rings. The third-order valence-electron chi connectivity index (χ3n) is 6.29. The number of nitrogens with two attached hydrogens (primary N) is 1. The van der Waals surface area contributed by atoms with E-state index in [1.807, 2.05) is 32.0 Å². The minimum absolute atomic E-state index is 0.133. The highest BCUT2D eigenvalue weighted by molar-refractivity contribution is 7.53. The molecule has 1 unspecified atom stereocenters. The second kappa shape index (κ2) is 9.73. The van der Waals surface area contributed by atoms with Gasteiger partial charge in [0.2, 0.25) is 0 Å². The average molecular weight is 515 g/mol. The average Bonchev–Trinajstić information content (AvgIpc) is 2.81. The predicted octanol–water partition coefficient (Wildman–Crippen LogP) is 5.70. The maximum absolute atomic E-state index is 14.1. The fraction of sp³-hybridized carbons (Fsp3) is 0.308. The van der Waals surface area contributed by atoms with Crippen molar-refractivity contribution in [3.63, 3.8) is 0 Å². The molecule has 0 aliphatic rings. The normalized spacial score (nSPS) is 13.3. The van der Waals surface area contributed by atoms with Crippen molar-refractivity contribution in [2.45, 2.75) is 51.8 Å². The zero-order valence-corrected chi connectivity index (χ0v) is 21.1. The quantitative estimate of drug-likeness (QED) is 0.204. The minimum Gasteiger partial charge on any atom is -0.483 e. The van der Waals surface area contributed by atoms with Crippen LogP contribution < -0.4 is 10.5 Å². The molecule has 2 aromatic heterocycles. The zero-order chi connectivity index (χ0) is 26.3. The van der Waals surface area contributed by atoms with Crippen molar-refractivity contribution in [2.75, 3.05) is 5.73 Å². The number of halogens is 2. The summed E-state index contributed by atoms with van der Waals surface area (Å²) < 4.78 is 44.7. The van der Waals surface area contributed by atoms with Gasteiger partial charge in [-0.1, -0.05) is 25.1 Å². The van der Waals surface area contributed by atoms with Crippen LogP contribution in [-0.4, -0.2) is 31.5 Å². The van der Waals surface area contributed by atoms with Crippen LogP contribution in [0.4, 0.5) is 14.6 Å². The standard InChI is InChI=1S/C26H28F2N3O4P/c1-4-23(26(27,28)36(32,33)34)35-19-9-8-18(16(3)12-19)7-6-17-13-21-20-10-5-15(2)11-22(20)31-25(29)24(21)30-14-17/h5,8-14,23H,4,6-7H2,1-3H3,(H2,29,31)(H2,32,33,34). The molecule has 7 nitrogen and oxygen atoms in total. The summed E-state index contributed by atoms with van der Waals surface area (Å²) in [6.07, 6.45) is 0.943. The largest absolute Gasteiger partial charge is 0.483 e. The lowest BCUT2D eigenvalue weighted by atomic mass is 9.99. The third kappa shape index (κ3) is 5.05. The Bertz CT molecular complexity index is 1490. The Morgan fingerprint density at radius 1 is 1.08 bits per heavy atom. The fourth-order valence-electron chi connectivity index (χ4n) is 4.25. The van der Waals surface area contributed by atoms with Crippen molar-refractivity contribution in [3.8, 4) is 5.75 Å². The van der Waals surface area contributed by atoms with Crippen molar-refractivity contribution in [3.05, 3.63) is 70.9 Å². The van der Waals surface area contributed by atoms with Gasteiger partial charge in [0, 0.05) is 17.0 Å². The lowest BCUT2D eigenvalue weighted by Crippen LogP contribution is -2.37. The van der Waals surface area contributed by atoms with Crippen LogP contribution in [0.5, 0.6) is 5.75 Å². The SMILES string of the molecule is CCC(Oc1ccc(CCc2cnc3c(N)nc4cc(C)ccc4c3c2)c(C)c1)C(F)(F)P(=O)(O)O. The monoisotopic (exact) mass is 515 g/mol. The van der Waals surface area contributed by atoms with Crippen molar-refractivity contribution >= 4 is 35.2 Å². The Morgan fingerprint density at radius 3 is 2.50 bits per heavy atom. The van der Waals surface area contributed by atoms with Gasteiger partial charge in [-0.15, -0.1) is 0 Å². The lowest BCUT2D eigenvalue weighted by molar-refractivity contribution is -0.0467. The maximum Gasteiger partial charge on any atom is 0.398 e. The number of benzene rings is 2. The van der Waals surface area contributed by atoms with Crippen LogP contribution in [0.2, 0.25) is 0 Å². The van der Waals surface area contributed by atoms with Gasteiger partial charge in [-0.25, -0.2) is 4.98 Å². The van der Waals surface area contributed by atoms with Crippen LogP contribution in [0.25, 0.3) is 21.8 Å². The first-order chi connectivity index (χ1) is 16.9. The van der Waals surface area contributed by atoms with Crippen LogP contribution in [-0.2, 0) is 17.4 Å². The van der Waals surface area contributed by atoms with Gasteiger partial charge in [0.15, 0.2) is 11.9 Å². The molecule has 0 radical (unpaired) electrons. The molecule has 0 bridgehead atoms. The highest BCUT2D eigenvalue weighted by Gasteiger charge is 2.56. The number of hydrogen-bond donors (Lipinski definition) is 3. The molecule has 0 aliphatic heterocycles. The Balaban J connectivity index is 1.54. The first-order valence-corrected chi connectivity index (χ1v) is 13.2. The molecule has 1 atom stereocenters. The molecule has 4 N–H and O–H groups in total. The van der Waals surface area contributed by atoms with Gasteiger partial charge < -0.3 is 20.3 Å². The van der Waals surface area contributed by atoms with Crippen LogP contribution >= 0.6 is 7.60 Å². The Kier molecular flexibility index (Phi) is 7.01. The minimum atomic E-state index is -5.66. The van der Waals surface area contributed by atoms with Gasteiger partial charge in [0.1, 0.15) is 11.3 Å². The zero-order valence-electron chi connectivity index (χ0n) is 20.2. The molecule has 2 aromatic carbocycles. The second-order valence-corrected chi connectivity index (χ2v) is 10.7. The van der Waals surface area contributed by atoms with Crippen molar-refractivity contribution in [1.82, 2.24) is 9.97 Å². The summed E-state index contributed by atoms with van der Waals surface area (Å²) in [6, 6.07) is 13.0. The van der Waals surface area contributed by atoms with E-state index in [2.05, 4.69) is 16.0 Å². The highest BCUT2D eigenvalue weighted by atomic mass is 31.2. The van der Waals surface area contributed by atoms with Gasteiger partial charge >= 0.3 is 13.3 Å². The molecule has 0 amide bonds. The number of hydrogen-bond acceptors (Lipinski definition) is 5. The molecular weight excluding hydrogens is 487 g/mol. The van der Waals surface area contributed by atoms with E-state index in [-0.39, 0.29) is 12.2 Å². The summed E-state index contributed by atoms with van der Waals surface area (Å²) >= 11 is 0. The predicted molar refractivity (Wildman–Crippen MR) is 136 cm³/mol. The number of rotatable bonds is 8. The molecule has 190 valence electrons. The Morgan fingerprint density at radius 2 is 1.83 bits per heavy atom. The lowest BCUT2D eigenvalue weighted by Gasteiger charge is -2.27. The molecular formula is C26H28F2N3O4P. The summed E-state index contributed by atoms with van der Waals surface area (Å²) in [5.41, 5.74) is 7.27. The number of ether oxygens (including phenoxy) is 1. The number of aromatic nitrogens is 2. The van der Waals surface area contributed by atoms with Crippen LogP contribution in [0.3, 0.4) is 0 Å². The third-order valence-corrected chi connectivity index (χ3v) is 7.36. The first kappa shape index (κ1) is 25.9. The molecule has 0 saturated heterocycles. The number of alkyl halides is 2. The summed E-state index contributed by atoms with van der Waals surface area (Å²) in [4.78, 5) is 27.1. The van der Waals surface area contributed by atoms with E-state index in [0.717, 1.165) is 38.5 Å². The summed E-state index contributed by atoms with van der Waals surface area (Å²) in [6.45, 7) is 5.23. The Labute approximate surface area is 207 Å². The molecule has 2 heterocycles. The van der Waals surface area contributed by atoms with E-state index >= 15 is 0 Å². The maximum atomic E-state index is 14.1. The van der Waals surface area contributed by atoms with Crippen molar-refractivity contribution in [2.24, 2.45) is 0 Å². The number of aryl methyl sites for hydroxylation is 4. The molecule has 4 rings (SSSR count). The molecule has 10 heteroatoms. The van der Waals surface area contributed by atoms with E-state index in [4.69, 9.17) is 20.3 Å². The Hall–Kier alpha value is -3.13. The molecule has 0 aliphatic carbocycles.